The lowest BCUT2D eigenvalue weighted by Gasteiger charge is -2.37. The van der Waals surface area contributed by atoms with E-state index in [1.54, 1.807) is 0 Å². The Morgan fingerprint density at radius 3 is 2.31 bits per heavy atom. The van der Waals surface area contributed by atoms with Crippen molar-refractivity contribution in [1.29, 1.82) is 0 Å². The van der Waals surface area contributed by atoms with Crippen LogP contribution in [-0.4, -0.2) is 18.8 Å². The molecule has 0 amide bonds. The zero-order valence-electron chi connectivity index (χ0n) is 14.8. The van der Waals surface area contributed by atoms with E-state index in [0.29, 0.717) is 25.0 Å². The molecule has 0 aromatic carbocycles. The van der Waals surface area contributed by atoms with Gasteiger partial charge in [0.25, 0.3) is 0 Å². The van der Waals surface area contributed by atoms with Crippen LogP contribution in [-0.2, 0) is 9.47 Å². The quantitative estimate of drug-likeness (QED) is 0.297. The molecule has 0 aromatic heterocycles. The molecule has 1 saturated heterocycles. The number of allylic oxidation sites excluding steroid dienone is 4. The second kappa shape index (κ2) is 9.53. The summed E-state index contributed by atoms with van der Waals surface area (Å²) in [6.45, 7) is 1.55. The van der Waals surface area contributed by atoms with Gasteiger partial charge in [0.1, 0.15) is 11.6 Å². The van der Waals surface area contributed by atoms with Crippen molar-refractivity contribution in [3.05, 3.63) is 35.9 Å². The minimum atomic E-state index is -3.59. The highest BCUT2D eigenvalue weighted by molar-refractivity contribution is 5.23. The van der Waals surface area contributed by atoms with Gasteiger partial charge in [0.2, 0.25) is 0 Å². The van der Waals surface area contributed by atoms with Gasteiger partial charge in [-0.2, -0.15) is 8.78 Å². The Kier molecular flexibility index (Phi) is 7.68. The summed E-state index contributed by atoms with van der Waals surface area (Å²) in [5, 5.41) is 0. The van der Waals surface area contributed by atoms with Crippen molar-refractivity contribution in [1.82, 2.24) is 0 Å². The third-order valence-corrected chi connectivity index (χ3v) is 5.07. The number of hydrogen-bond acceptors (Lipinski definition) is 2. The minimum Gasteiger partial charge on any atom is -0.432 e. The highest BCUT2D eigenvalue weighted by Gasteiger charge is 2.45. The predicted octanol–water partition coefficient (Wildman–Crippen LogP) is 6.51. The standard InChI is InChI=1S/C19H25F5O2/c1-13(21)17(22)12-16(9-10-20)26-19(23,24)15-7-5-14(6-8-15)18-4-2-3-11-25-18/h9-10,12,14-15,18H,2-8,11H2,1H3/b10-9+,16-12+,17-13-. The van der Waals surface area contributed by atoms with Crippen molar-refractivity contribution in [3.8, 4) is 0 Å². The Balaban J connectivity index is 1.97. The van der Waals surface area contributed by atoms with Crippen LogP contribution in [0.25, 0.3) is 0 Å². The zero-order valence-corrected chi connectivity index (χ0v) is 14.8. The Hall–Kier alpha value is -1.37. The van der Waals surface area contributed by atoms with E-state index in [2.05, 4.69) is 4.74 Å². The van der Waals surface area contributed by atoms with Gasteiger partial charge in [-0.3, -0.25) is 0 Å². The number of halogens is 5. The summed E-state index contributed by atoms with van der Waals surface area (Å²) in [5.74, 6) is -4.14. The molecule has 0 spiro atoms. The first kappa shape index (κ1) is 20.9. The summed E-state index contributed by atoms with van der Waals surface area (Å²) >= 11 is 0. The van der Waals surface area contributed by atoms with Gasteiger partial charge < -0.3 is 9.47 Å². The Labute approximate surface area is 150 Å². The highest BCUT2D eigenvalue weighted by Crippen LogP contribution is 2.43. The molecule has 0 bridgehead atoms. The molecule has 0 N–H and O–H groups in total. The molecule has 1 aliphatic carbocycles. The van der Waals surface area contributed by atoms with E-state index in [1.165, 1.54) is 0 Å². The summed E-state index contributed by atoms with van der Waals surface area (Å²) in [6, 6.07) is 0. The third-order valence-electron chi connectivity index (χ3n) is 5.07. The molecule has 1 unspecified atom stereocenters. The lowest BCUT2D eigenvalue weighted by Crippen LogP contribution is -2.37. The Morgan fingerprint density at radius 1 is 1.08 bits per heavy atom. The first-order valence-corrected chi connectivity index (χ1v) is 9.02. The van der Waals surface area contributed by atoms with Crippen LogP contribution in [0.15, 0.2) is 35.9 Å². The lowest BCUT2D eigenvalue weighted by molar-refractivity contribution is -0.255. The second-order valence-corrected chi connectivity index (χ2v) is 6.90. The molecular weight excluding hydrogens is 355 g/mol. The maximum Gasteiger partial charge on any atom is 0.400 e. The number of hydrogen-bond donors (Lipinski definition) is 0. The maximum atomic E-state index is 14.4. The van der Waals surface area contributed by atoms with E-state index in [9.17, 15) is 22.0 Å². The smallest absolute Gasteiger partial charge is 0.400 e. The van der Waals surface area contributed by atoms with E-state index in [4.69, 9.17) is 4.74 Å². The monoisotopic (exact) mass is 380 g/mol. The van der Waals surface area contributed by atoms with Gasteiger partial charge in [-0.25, -0.2) is 13.2 Å². The van der Waals surface area contributed by atoms with Crippen molar-refractivity contribution >= 4 is 0 Å². The van der Waals surface area contributed by atoms with E-state index in [1.807, 2.05) is 0 Å². The molecule has 2 fully saturated rings. The summed E-state index contributed by atoms with van der Waals surface area (Å²) in [5.41, 5.74) is 0. The summed E-state index contributed by atoms with van der Waals surface area (Å²) < 4.78 is 77.6. The van der Waals surface area contributed by atoms with Crippen LogP contribution in [0.5, 0.6) is 0 Å². The third kappa shape index (κ3) is 5.83. The highest BCUT2D eigenvalue weighted by atomic mass is 19.3. The molecular formula is C19H25F5O2. The van der Waals surface area contributed by atoms with Crippen LogP contribution in [0, 0.1) is 11.8 Å². The molecule has 2 nitrogen and oxygen atoms in total. The van der Waals surface area contributed by atoms with Crippen LogP contribution in [0.1, 0.15) is 51.9 Å². The average Bonchev–Trinajstić information content (AvgIpc) is 2.62. The summed E-state index contributed by atoms with van der Waals surface area (Å²) in [6.07, 6.45) is 2.23. The van der Waals surface area contributed by atoms with Gasteiger partial charge in [-0.1, -0.05) is 0 Å². The van der Waals surface area contributed by atoms with Crippen molar-refractivity contribution in [2.45, 2.75) is 64.1 Å². The van der Waals surface area contributed by atoms with Gasteiger partial charge in [0, 0.05) is 18.8 Å². The topological polar surface area (TPSA) is 18.5 Å². The van der Waals surface area contributed by atoms with Crippen LogP contribution in [0.2, 0.25) is 0 Å². The SMILES string of the molecule is C\C(F)=C(F)/C=C(\C=C\F)OC(F)(F)C1CCC(C2CCCCO2)CC1. The van der Waals surface area contributed by atoms with Gasteiger partial charge in [-0.15, -0.1) is 0 Å². The van der Waals surface area contributed by atoms with E-state index < -0.39 is 29.4 Å². The van der Waals surface area contributed by atoms with Gasteiger partial charge in [0.05, 0.1) is 18.4 Å². The fraction of sp³-hybridized carbons (Fsp3) is 0.684. The van der Waals surface area contributed by atoms with Gasteiger partial charge in [-0.05, 0) is 57.8 Å². The number of alkyl halides is 2. The molecule has 1 saturated carbocycles. The zero-order chi connectivity index (χ0) is 19.2. The average molecular weight is 380 g/mol. The molecule has 1 aliphatic heterocycles. The molecule has 26 heavy (non-hydrogen) atoms. The summed E-state index contributed by atoms with van der Waals surface area (Å²) in [7, 11) is 0. The molecule has 2 rings (SSSR count). The second-order valence-electron chi connectivity index (χ2n) is 6.90. The minimum absolute atomic E-state index is 0.0555. The fourth-order valence-electron chi connectivity index (χ4n) is 3.60. The van der Waals surface area contributed by atoms with Crippen molar-refractivity contribution in [3.63, 3.8) is 0 Å². The van der Waals surface area contributed by atoms with E-state index in [-0.39, 0.29) is 31.2 Å². The maximum absolute atomic E-state index is 14.4. The molecule has 1 atom stereocenters. The first-order chi connectivity index (χ1) is 12.3. The largest absolute Gasteiger partial charge is 0.432 e. The van der Waals surface area contributed by atoms with Crippen LogP contribution < -0.4 is 0 Å². The Bertz CT molecular complexity index is 538. The van der Waals surface area contributed by atoms with Crippen molar-refractivity contribution in [2.75, 3.05) is 6.61 Å². The number of rotatable bonds is 6. The van der Waals surface area contributed by atoms with Crippen molar-refractivity contribution < 1.29 is 31.4 Å². The molecule has 0 aromatic rings. The van der Waals surface area contributed by atoms with Crippen molar-refractivity contribution in [2.24, 2.45) is 11.8 Å². The molecule has 148 valence electrons. The molecule has 1 heterocycles. The lowest BCUT2D eigenvalue weighted by atomic mass is 9.77. The van der Waals surface area contributed by atoms with Gasteiger partial charge in [0.15, 0.2) is 5.83 Å². The Morgan fingerprint density at radius 2 is 1.77 bits per heavy atom. The van der Waals surface area contributed by atoms with Gasteiger partial charge >= 0.3 is 6.11 Å². The van der Waals surface area contributed by atoms with Crippen LogP contribution in [0.3, 0.4) is 0 Å². The van der Waals surface area contributed by atoms with Crippen LogP contribution >= 0.6 is 0 Å². The van der Waals surface area contributed by atoms with E-state index in [0.717, 1.165) is 32.8 Å². The molecule has 0 radical (unpaired) electrons. The molecule has 2 aliphatic rings. The summed E-state index contributed by atoms with van der Waals surface area (Å²) in [4.78, 5) is 0. The van der Waals surface area contributed by atoms with Crippen LogP contribution in [0.4, 0.5) is 22.0 Å². The first-order valence-electron chi connectivity index (χ1n) is 9.02. The number of ether oxygens (including phenoxy) is 2. The van der Waals surface area contributed by atoms with E-state index >= 15 is 0 Å². The normalized spacial score (nSPS) is 29.6. The molecule has 7 heteroatoms. The predicted molar refractivity (Wildman–Crippen MR) is 88.3 cm³/mol. The fourth-order valence-corrected chi connectivity index (χ4v) is 3.60.